The molecule has 1 aromatic carbocycles. The van der Waals surface area contributed by atoms with E-state index in [1.165, 1.54) is 12.1 Å². The lowest BCUT2D eigenvalue weighted by Crippen LogP contribution is -2.41. The summed E-state index contributed by atoms with van der Waals surface area (Å²) >= 11 is 0. The summed E-state index contributed by atoms with van der Waals surface area (Å²) < 4.78 is 26.0. The predicted octanol–water partition coefficient (Wildman–Crippen LogP) is 1.97. The average molecular weight is 289 g/mol. The summed E-state index contributed by atoms with van der Waals surface area (Å²) in [6.45, 7) is 7.79. The first-order chi connectivity index (χ1) is 9.69. The molecule has 0 atom stereocenters. The molecule has 2 heterocycles. The number of nitrogens with one attached hydrogen (secondary N) is 1. The predicted molar refractivity (Wildman–Crippen MR) is 80.2 cm³/mol. The van der Waals surface area contributed by atoms with E-state index < -0.39 is 24.1 Å². The van der Waals surface area contributed by atoms with Crippen molar-refractivity contribution in [1.29, 1.82) is 0 Å². The Hall–Kier alpha value is -1.66. The minimum atomic E-state index is -0.624. The molecule has 1 saturated heterocycles. The molecule has 1 aliphatic heterocycles. The van der Waals surface area contributed by atoms with Crippen LogP contribution in [0.3, 0.4) is 0 Å². The molecular formula is C15H17BFNO3. The van der Waals surface area contributed by atoms with Gasteiger partial charge in [-0.15, -0.1) is 0 Å². The maximum Gasteiger partial charge on any atom is 0.494 e. The number of aromatic amines is 1. The van der Waals surface area contributed by atoms with Gasteiger partial charge < -0.3 is 14.3 Å². The van der Waals surface area contributed by atoms with E-state index in [2.05, 4.69) is 4.98 Å². The molecule has 1 N–H and O–H groups in total. The van der Waals surface area contributed by atoms with Crippen LogP contribution in [0.4, 0.5) is 4.39 Å². The number of benzene rings is 1. The number of fused-ring (bicyclic) bond motifs is 1. The fraction of sp³-hybridized carbons (Fsp3) is 0.400. The third-order valence-corrected chi connectivity index (χ3v) is 4.33. The first-order valence-corrected chi connectivity index (χ1v) is 6.88. The Balaban J connectivity index is 2.07. The van der Waals surface area contributed by atoms with Crippen LogP contribution in [0.2, 0.25) is 0 Å². The maximum atomic E-state index is 14.2. The highest BCUT2D eigenvalue weighted by Gasteiger charge is 2.51. The van der Waals surface area contributed by atoms with Crippen molar-refractivity contribution >= 4 is 23.5 Å². The van der Waals surface area contributed by atoms with Crippen molar-refractivity contribution in [2.75, 3.05) is 0 Å². The second kappa shape index (κ2) is 4.42. The Morgan fingerprint density at radius 3 is 2.33 bits per heavy atom. The summed E-state index contributed by atoms with van der Waals surface area (Å²) in [5.74, 6) is -0.491. The third-order valence-electron chi connectivity index (χ3n) is 4.33. The van der Waals surface area contributed by atoms with Crippen molar-refractivity contribution in [3.8, 4) is 0 Å². The smallest absolute Gasteiger partial charge is 0.399 e. The van der Waals surface area contributed by atoms with Gasteiger partial charge >= 0.3 is 7.12 Å². The number of H-pyrrole nitrogens is 1. The van der Waals surface area contributed by atoms with Gasteiger partial charge in [-0.2, -0.15) is 0 Å². The minimum Gasteiger partial charge on any atom is -0.399 e. The molecule has 1 fully saturated rings. The van der Waals surface area contributed by atoms with Crippen LogP contribution in [0.15, 0.2) is 29.1 Å². The molecule has 0 bridgehead atoms. The molecule has 21 heavy (non-hydrogen) atoms. The summed E-state index contributed by atoms with van der Waals surface area (Å²) in [4.78, 5) is 13.8. The SMILES string of the molecule is CC1(C)OB(c2cc(F)c3[nH]c(=O)ccc3c2)OC1(C)C. The summed E-state index contributed by atoms with van der Waals surface area (Å²) in [5.41, 5.74) is -0.486. The summed E-state index contributed by atoms with van der Waals surface area (Å²) in [5, 5.41) is 0.610. The van der Waals surface area contributed by atoms with E-state index in [0.717, 1.165) is 0 Å². The van der Waals surface area contributed by atoms with Crippen LogP contribution in [0.5, 0.6) is 0 Å². The highest BCUT2D eigenvalue weighted by atomic mass is 19.1. The van der Waals surface area contributed by atoms with Crippen molar-refractivity contribution in [1.82, 2.24) is 4.98 Å². The molecule has 1 aliphatic rings. The zero-order valence-electron chi connectivity index (χ0n) is 12.5. The number of hydrogen-bond donors (Lipinski definition) is 1. The molecule has 0 aliphatic carbocycles. The van der Waals surface area contributed by atoms with Crippen LogP contribution in [0, 0.1) is 5.82 Å². The van der Waals surface area contributed by atoms with Gasteiger partial charge in [0.15, 0.2) is 0 Å². The van der Waals surface area contributed by atoms with E-state index in [0.29, 0.717) is 10.8 Å². The normalized spacial score (nSPS) is 20.1. The van der Waals surface area contributed by atoms with Gasteiger partial charge in [0.1, 0.15) is 5.82 Å². The average Bonchev–Trinajstić information content (AvgIpc) is 2.59. The minimum absolute atomic E-state index is 0.197. The van der Waals surface area contributed by atoms with Gasteiger partial charge in [0.25, 0.3) is 0 Å². The molecule has 0 radical (unpaired) electrons. The van der Waals surface area contributed by atoms with Crippen LogP contribution < -0.4 is 11.0 Å². The zero-order chi connectivity index (χ0) is 15.4. The van der Waals surface area contributed by atoms with Gasteiger partial charge in [0, 0.05) is 11.5 Å². The number of rotatable bonds is 1. The molecule has 0 amide bonds. The van der Waals surface area contributed by atoms with Gasteiger partial charge in [0.05, 0.1) is 16.7 Å². The molecule has 6 heteroatoms. The van der Waals surface area contributed by atoms with Gasteiger partial charge in [-0.25, -0.2) is 4.39 Å². The molecule has 0 saturated carbocycles. The Bertz CT molecular complexity index is 753. The highest BCUT2D eigenvalue weighted by Crippen LogP contribution is 2.36. The lowest BCUT2D eigenvalue weighted by Gasteiger charge is -2.32. The van der Waals surface area contributed by atoms with Crippen LogP contribution >= 0.6 is 0 Å². The number of hydrogen-bond acceptors (Lipinski definition) is 3. The molecular weight excluding hydrogens is 272 g/mol. The molecule has 2 aromatic rings. The van der Waals surface area contributed by atoms with Gasteiger partial charge in [-0.1, -0.05) is 6.07 Å². The Kier molecular flexibility index (Phi) is 3.01. The monoisotopic (exact) mass is 289 g/mol. The Morgan fingerprint density at radius 2 is 1.71 bits per heavy atom. The standard InChI is InChI=1S/C15H17BFNO3/c1-14(2)15(3,4)21-16(20-14)10-7-9-5-6-12(19)18-13(9)11(17)8-10/h5-8H,1-4H3,(H,18,19). The van der Waals surface area contributed by atoms with Gasteiger partial charge in [-0.3, -0.25) is 4.79 Å². The van der Waals surface area contributed by atoms with Crippen molar-refractivity contribution in [2.24, 2.45) is 0 Å². The Morgan fingerprint density at radius 1 is 1.10 bits per heavy atom. The third kappa shape index (κ3) is 2.28. The fourth-order valence-corrected chi connectivity index (χ4v) is 2.36. The van der Waals surface area contributed by atoms with Crippen LogP contribution in [0.25, 0.3) is 10.9 Å². The Labute approximate surface area is 122 Å². The molecule has 110 valence electrons. The quantitative estimate of drug-likeness (QED) is 0.817. The zero-order valence-corrected chi connectivity index (χ0v) is 12.5. The first kappa shape index (κ1) is 14.3. The van der Waals surface area contributed by atoms with Crippen LogP contribution in [-0.2, 0) is 9.31 Å². The lowest BCUT2D eigenvalue weighted by atomic mass is 9.78. The van der Waals surface area contributed by atoms with Crippen molar-refractivity contribution < 1.29 is 13.7 Å². The molecule has 0 unspecified atom stereocenters. The van der Waals surface area contributed by atoms with E-state index in [4.69, 9.17) is 9.31 Å². The van der Waals surface area contributed by atoms with E-state index in [-0.39, 0.29) is 11.1 Å². The molecule has 3 rings (SSSR count). The summed E-state index contributed by atoms with van der Waals surface area (Å²) in [7, 11) is -0.624. The van der Waals surface area contributed by atoms with Gasteiger partial charge in [-0.05, 0) is 45.3 Å². The molecule has 1 aromatic heterocycles. The molecule has 4 nitrogen and oxygen atoms in total. The second-order valence-electron chi connectivity index (χ2n) is 6.38. The highest BCUT2D eigenvalue weighted by molar-refractivity contribution is 6.62. The fourth-order valence-electron chi connectivity index (χ4n) is 2.36. The summed E-state index contributed by atoms with van der Waals surface area (Å²) in [6, 6.07) is 6.08. The topological polar surface area (TPSA) is 51.3 Å². The first-order valence-electron chi connectivity index (χ1n) is 6.88. The van der Waals surface area contributed by atoms with Crippen molar-refractivity contribution in [3.63, 3.8) is 0 Å². The largest absolute Gasteiger partial charge is 0.494 e. The number of aromatic nitrogens is 1. The lowest BCUT2D eigenvalue weighted by molar-refractivity contribution is 0.00578. The van der Waals surface area contributed by atoms with Crippen LogP contribution in [0.1, 0.15) is 27.7 Å². The van der Waals surface area contributed by atoms with E-state index >= 15 is 0 Å². The van der Waals surface area contributed by atoms with Crippen LogP contribution in [-0.4, -0.2) is 23.3 Å². The number of pyridine rings is 1. The van der Waals surface area contributed by atoms with Gasteiger partial charge in [0.2, 0.25) is 5.56 Å². The van der Waals surface area contributed by atoms with Crippen molar-refractivity contribution in [3.05, 3.63) is 40.4 Å². The number of halogens is 1. The second-order valence-corrected chi connectivity index (χ2v) is 6.38. The van der Waals surface area contributed by atoms with Crippen molar-refractivity contribution in [2.45, 2.75) is 38.9 Å². The van der Waals surface area contributed by atoms with E-state index in [9.17, 15) is 9.18 Å². The van der Waals surface area contributed by atoms with E-state index in [1.807, 2.05) is 27.7 Å². The molecule has 0 spiro atoms. The van der Waals surface area contributed by atoms with E-state index in [1.54, 1.807) is 12.1 Å². The maximum absolute atomic E-state index is 14.2. The summed E-state index contributed by atoms with van der Waals surface area (Å²) in [6.07, 6.45) is 0.